The predicted molar refractivity (Wildman–Crippen MR) is 142 cm³/mol. The Morgan fingerprint density at radius 2 is 1.54 bits per heavy atom. The standard InChI is InChI=1S/C29H38N2O3S/c1-5-27(31(35(4,33)34)26-11-6-19(2)20(3)12-26)28(32)30-25-9-7-24(8-10-25)29-16-21-13-22(17-29)15-23(14-21)18-29/h6-12,21-23,27H,5,13-18H2,1-4H3,(H,30,32)/t21?,22?,23?,27-,29?/m1/s1. The van der Waals surface area contributed by atoms with Crippen LogP contribution in [0.4, 0.5) is 11.4 Å². The Balaban J connectivity index is 1.35. The number of carbonyl (C=O) groups is 1. The van der Waals surface area contributed by atoms with Crippen LogP contribution >= 0.6 is 0 Å². The van der Waals surface area contributed by atoms with Gasteiger partial charge in [-0.1, -0.05) is 25.1 Å². The van der Waals surface area contributed by atoms with Gasteiger partial charge in [0.1, 0.15) is 6.04 Å². The van der Waals surface area contributed by atoms with Crippen molar-refractivity contribution < 1.29 is 13.2 Å². The van der Waals surface area contributed by atoms with Gasteiger partial charge in [0.2, 0.25) is 15.9 Å². The topological polar surface area (TPSA) is 66.5 Å². The molecule has 0 spiro atoms. The van der Waals surface area contributed by atoms with E-state index in [1.165, 1.54) is 54.6 Å². The lowest BCUT2D eigenvalue weighted by atomic mass is 9.48. The second-order valence-corrected chi connectivity index (χ2v) is 13.4. The summed E-state index contributed by atoms with van der Waals surface area (Å²) in [6.07, 6.45) is 9.72. The normalized spacial score (nSPS) is 28.1. The van der Waals surface area contributed by atoms with Crippen molar-refractivity contribution in [3.63, 3.8) is 0 Å². The third-order valence-electron chi connectivity index (χ3n) is 8.88. The molecule has 188 valence electrons. The molecule has 0 unspecified atom stereocenters. The number of sulfonamides is 1. The number of aryl methyl sites for hydroxylation is 2. The second kappa shape index (κ2) is 8.95. The molecule has 4 bridgehead atoms. The van der Waals surface area contributed by atoms with Gasteiger partial charge >= 0.3 is 0 Å². The van der Waals surface area contributed by atoms with E-state index < -0.39 is 16.1 Å². The van der Waals surface area contributed by atoms with Crippen LogP contribution in [0.5, 0.6) is 0 Å². The molecule has 1 amide bonds. The van der Waals surface area contributed by atoms with E-state index in [9.17, 15) is 13.2 Å². The van der Waals surface area contributed by atoms with Crippen LogP contribution in [0.15, 0.2) is 42.5 Å². The molecule has 4 fully saturated rings. The highest BCUT2D eigenvalue weighted by Crippen LogP contribution is 2.60. The number of hydrogen-bond acceptors (Lipinski definition) is 3. The summed E-state index contributed by atoms with van der Waals surface area (Å²) in [5.41, 5.74) is 5.05. The maximum absolute atomic E-state index is 13.3. The Bertz CT molecular complexity index is 1180. The third-order valence-corrected chi connectivity index (χ3v) is 10.1. The van der Waals surface area contributed by atoms with E-state index >= 15 is 0 Å². The number of rotatable bonds is 7. The number of nitrogens with zero attached hydrogens (tertiary/aromatic N) is 1. The van der Waals surface area contributed by atoms with Gasteiger partial charge in [-0.2, -0.15) is 0 Å². The van der Waals surface area contributed by atoms with Gasteiger partial charge < -0.3 is 5.32 Å². The highest BCUT2D eigenvalue weighted by molar-refractivity contribution is 7.92. The molecule has 0 heterocycles. The minimum Gasteiger partial charge on any atom is -0.324 e. The molecule has 1 N–H and O–H groups in total. The summed E-state index contributed by atoms with van der Waals surface area (Å²) in [7, 11) is -3.66. The van der Waals surface area contributed by atoms with Crippen molar-refractivity contribution in [2.45, 2.75) is 77.2 Å². The molecule has 0 aromatic heterocycles. The molecule has 5 nitrogen and oxygen atoms in total. The number of amides is 1. The average molecular weight is 495 g/mol. The number of anilines is 2. The summed E-state index contributed by atoms with van der Waals surface area (Å²) >= 11 is 0. The fraction of sp³-hybridized carbons (Fsp3) is 0.552. The van der Waals surface area contributed by atoms with E-state index in [4.69, 9.17) is 0 Å². The number of carbonyl (C=O) groups excluding carboxylic acids is 1. The molecule has 4 saturated carbocycles. The van der Waals surface area contributed by atoms with E-state index in [2.05, 4.69) is 17.4 Å². The largest absolute Gasteiger partial charge is 0.324 e. The molecule has 0 aliphatic heterocycles. The van der Waals surface area contributed by atoms with Gasteiger partial charge in [-0.15, -0.1) is 0 Å². The molecule has 6 rings (SSSR count). The maximum Gasteiger partial charge on any atom is 0.248 e. The monoisotopic (exact) mass is 494 g/mol. The summed E-state index contributed by atoms with van der Waals surface area (Å²) in [4.78, 5) is 13.3. The first-order valence-electron chi connectivity index (χ1n) is 13.1. The van der Waals surface area contributed by atoms with Gasteiger partial charge in [0, 0.05) is 5.69 Å². The summed E-state index contributed by atoms with van der Waals surface area (Å²) in [5, 5.41) is 3.00. The first kappa shape index (κ1) is 24.4. The van der Waals surface area contributed by atoms with Crippen molar-refractivity contribution in [2.24, 2.45) is 17.8 Å². The molecule has 4 aliphatic rings. The fourth-order valence-corrected chi connectivity index (χ4v) is 8.72. The van der Waals surface area contributed by atoms with Crippen molar-refractivity contribution in [1.82, 2.24) is 0 Å². The van der Waals surface area contributed by atoms with Crippen LogP contribution in [0, 0.1) is 31.6 Å². The Kier molecular flexibility index (Phi) is 6.23. The first-order chi connectivity index (χ1) is 16.6. The summed E-state index contributed by atoms with van der Waals surface area (Å²) in [6, 6.07) is 13.1. The molecule has 0 saturated heterocycles. The van der Waals surface area contributed by atoms with E-state index in [1.807, 2.05) is 45.0 Å². The van der Waals surface area contributed by atoms with Crippen molar-refractivity contribution in [3.8, 4) is 0 Å². The van der Waals surface area contributed by atoms with Crippen LogP contribution in [-0.2, 0) is 20.2 Å². The van der Waals surface area contributed by atoms with Crippen LogP contribution in [0.25, 0.3) is 0 Å². The molecule has 0 radical (unpaired) electrons. The van der Waals surface area contributed by atoms with E-state index in [1.54, 1.807) is 6.07 Å². The quantitative estimate of drug-likeness (QED) is 0.517. The van der Waals surface area contributed by atoms with Crippen LogP contribution in [-0.4, -0.2) is 26.6 Å². The molecular weight excluding hydrogens is 456 g/mol. The Labute approximate surface area is 210 Å². The molecule has 6 heteroatoms. The van der Waals surface area contributed by atoms with Crippen LogP contribution < -0.4 is 9.62 Å². The lowest BCUT2D eigenvalue weighted by Gasteiger charge is -2.57. The third kappa shape index (κ3) is 4.62. The lowest BCUT2D eigenvalue weighted by molar-refractivity contribution is -0.117. The van der Waals surface area contributed by atoms with Crippen LogP contribution in [0.2, 0.25) is 0 Å². The maximum atomic E-state index is 13.3. The highest BCUT2D eigenvalue weighted by Gasteiger charge is 2.51. The minimum absolute atomic E-state index is 0.307. The zero-order valence-electron chi connectivity index (χ0n) is 21.4. The molecule has 2 aromatic carbocycles. The van der Waals surface area contributed by atoms with Gasteiger partial charge in [-0.3, -0.25) is 9.10 Å². The number of hydrogen-bond donors (Lipinski definition) is 1. The highest BCUT2D eigenvalue weighted by atomic mass is 32.2. The molecule has 2 aromatic rings. The predicted octanol–water partition coefficient (Wildman–Crippen LogP) is 5.95. The van der Waals surface area contributed by atoms with Gasteiger partial charge in [0.25, 0.3) is 0 Å². The van der Waals surface area contributed by atoms with E-state index in [-0.39, 0.29) is 5.91 Å². The second-order valence-electron chi connectivity index (χ2n) is 11.5. The summed E-state index contributed by atoms with van der Waals surface area (Å²) in [6.45, 7) is 5.78. The van der Waals surface area contributed by atoms with Crippen molar-refractivity contribution >= 4 is 27.3 Å². The Hall–Kier alpha value is -2.34. The number of nitrogens with one attached hydrogen (secondary N) is 1. The van der Waals surface area contributed by atoms with Gasteiger partial charge in [-0.05, 0) is 123 Å². The fourth-order valence-electron chi connectivity index (χ4n) is 7.52. The van der Waals surface area contributed by atoms with Crippen molar-refractivity contribution in [3.05, 3.63) is 59.2 Å². The zero-order valence-corrected chi connectivity index (χ0v) is 22.2. The smallest absolute Gasteiger partial charge is 0.248 e. The average Bonchev–Trinajstić information content (AvgIpc) is 2.78. The minimum atomic E-state index is -3.66. The van der Waals surface area contributed by atoms with Gasteiger partial charge in [0.05, 0.1) is 11.9 Å². The van der Waals surface area contributed by atoms with Gasteiger partial charge in [-0.25, -0.2) is 8.42 Å². The Morgan fingerprint density at radius 3 is 2.03 bits per heavy atom. The molecule has 4 aliphatic carbocycles. The van der Waals surface area contributed by atoms with Crippen molar-refractivity contribution in [2.75, 3.05) is 15.9 Å². The van der Waals surface area contributed by atoms with E-state index in [0.717, 1.165) is 34.6 Å². The van der Waals surface area contributed by atoms with Gasteiger partial charge in [0.15, 0.2) is 0 Å². The van der Waals surface area contributed by atoms with E-state index in [0.29, 0.717) is 17.5 Å². The number of benzene rings is 2. The summed E-state index contributed by atoms with van der Waals surface area (Å²) in [5.74, 6) is 2.36. The zero-order chi connectivity index (χ0) is 25.0. The first-order valence-corrected chi connectivity index (χ1v) is 14.9. The molecular formula is C29H38N2O3S. The molecule has 35 heavy (non-hydrogen) atoms. The molecule has 1 atom stereocenters. The summed E-state index contributed by atoms with van der Waals surface area (Å²) < 4.78 is 26.8. The van der Waals surface area contributed by atoms with Crippen LogP contribution in [0.1, 0.15) is 68.6 Å². The van der Waals surface area contributed by atoms with Crippen molar-refractivity contribution in [1.29, 1.82) is 0 Å². The Morgan fingerprint density at radius 1 is 0.971 bits per heavy atom. The SMILES string of the molecule is CC[C@H](C(=O)Nc1ccc(C23CC4CC(CC(C4)C2)C3)cc1)N(c1ccc(C)c(C)c1)S(C)(=O)=O. The lowest BCUT2D eigenvalue weighted by Crippen LogP contribution is -2.48. The van der Waals surface area contributed by atoms with Crippen LogP contribution in [0.3, 0.4) is 0 Å².